The molecule has 10 heteroatoms. The molecule has 0 spiro atoms. The summed E-state index contributed by atoms with van der Waals surface area (Å²) < 4.78 is 5.76. The Kier molecular flexibility index (Phi) is 12.4. The smallest absolute Gasteiger partial charge is 0.329 e. The number of rotatable bonds is 6. The number of cyclic esters (lactones) is 1. The second-order valence-electron chi connectivity index (χ2n) is 11.1. The van der Waals surface area contributed by atoms with Crippen LogP contribution in [0.25, 0.3) is 6.08 Å². The lowest BCUT2D eigenvalue weighted by Crippen LogP contribution is -2.60. The monoisotopic (exact) mass is 556 g/mol. The number of amides is 4. The lowest BCUT2D eigenvalue weighted by molar-refractivity contribution is -0.153. The highest BCUT2D eigenvalue weighted by atomic mass is 16.5. The predicted molar refractivity (Wildman–Crippen MR) is 153 cm³/mol. The van der Waals surface area contributed by atoms with Crippen molar-refractivity contribution >= 4 is 35.7 Å². The van der Waals surface area contributed by atoms with Gasteiger partial charge in [-0.1, -0.05) is 84.4 Å². The van der Waals surface area contributed by atoms with Gasteiger partial charge in [-0.05, 0) is 36.3 Å². The van der Waals surface area contributed by atoms with Crippen molar-refractivity contribution in [1.29, 1.82) is 0 Å². The van der Waals surface area contributed by atoms with Crippen LogP contribution in [0.4, 0.5) is 0 Å². The molecule has 6 atom stereocenters. The van der Waals surface area contributed by atoms with Gasteiger partial charge in [0.25, 0.3) is 0 Å². The van der Waals surface area contributed by atoms with Gasteiger partial charge in [0, 0.05) is 0 Å². The van der Waals surface area contributed by atoms with Gasteiger partial charge < -0.3 is 26.0 Å². The van der Waals surface area contributed by atoms with E-state index < -0.39 is 59.9 Å². The maximum atomic E-state index is 13.4. The van der Waals surface area contributed by atoms with Crippen LogP contribution in [0.2, 0.25) is 0 Å². The van der Waals surface area contributed by atoms with Crippen LogP contribution in [0.3, 0.4) is 0 Å². The average molecular weight is 557 g/mol. The maximum Gasteiger partial charge on any atom is 0.329 e. The number of hydrogen-bond acceptors (Lipinski definition) is 6. The topological polar surface area (TPSA) is 143 Å². The molecule has 40 heavy (non-hydrogen) atoms. The summed E-state index contributed by atoms with van der Waals surface area (Å²) in [6, 6.07) is 5.49. The minimum absolute atomic E-state index is 0.240. The van der Waals surface area contributed by atoms with E-state index in [1.54, 1.807) is 39.8 Å². The Bertz CT molecular complexity index is 1070. The third kappa shape index (κ3) is 9.50. The first-order valence-corrected chi connectivity index (χ1v) is 14.0. The van der Waals surface area contributed by atoms with Crippen molar-refractivity contribution < 1.29 is 28.7 Å². The van der Waals surface area contributed by atoms with Gasteiger partial charge in [0.15, 0.2) is 0 Å². The molecule has 1 aromatic carbocycles. The number of benzene rings is 1. The summed E-state index contributed by atoms with van der Waals surface area (Å²) in [7, 11) is 0. The molecule has 1 aliphatic rings. The Balaban J connectivity index is 2.48. The zero-order chi connectivity index (χ0) is 30.0. The number of carbonyl (C=O) groups is 5. The van der Waals surface area contributed by atoms with E-state index >= 15 is 0 Å². The Morgan fingerprint density at radius 2 is 1.38 bits per heavy atom. The number of esters is 1. The van der Waals surface area contributed by atoms with Gasteiger partial charge in [0.1, 0.15) is 30.3 Å². The van der Waals surface area contributed by atoms with E-state index in [0.29, 0.717) is 6.42 Å². The summed E-state index contributed by atoms with van der Waals surface area (Å²) >= 11 is 0. The number of hydrogen-bond donors (Lipinski definition) is 4. The van der Waals surface area contributed by atoms with Crippen molar-refractivity contribution in [1.82, 2.24) is 21.3 Å². The van der Waals surface area contributed by atoms with Crippen molar-refractivity contribution in [3.8, 4) is 0 Å². The van der Waals surface area contributed by atoms with E-state index in [1.807, 2.05) is 44.2 Å². The third-order valence-electron chi connectivity index (χ3n) is 6.99. The molecule has 0 aromatic heterocycles. The highest BCUT2D eigenvalue weighted by Crippen LogP contribution is 2.15. The summed E-state index contributed by atoms with van der Waals surface area (Å²) in [5.41, 5.74) is 0.848. The minimum atomic E-state index is -1.01. The average Bonchev–Trinajstić information content (AvgIpc) is 2.90. The molecule has 1 aromatic rings. The van der Waals surface area contributed by atoms with Crippen LogP contribution in [0.1, 0.15) is 66.9 Å². The van der Waals surface area contributed by atoms with Gasteiger partial charge in [-0.3, -0.25) is 19.2 Å². The van der Waals surface area contributed by atoms with Crippen molar-refractivity contribution in [3.63, 3.8) is 0 Å². The fraction of sp³-hybridized carbons (Fsp3) is 0.567. The lowest BCUT2D eigenvalue weighted by Gasteiger charge is -2.30. The molecule has 0 unspecified atom stereocenters. The fourth-order valence-electron chi connectivity index (χ4n) is 4.19. The standard InChI is InChI=1S/C30H44N4O6/c1-8-19(6)26-29(38)33-25(18(4)5)30(39)40-22(15-14-21-12-10-9-11-13-21)16-23(35)32-24(17(2)3)28(37)31-20(7)27(36)34-26/h9-15,17-20,22,24-26H,8,16H2,1-7H3,(H,31,37)(H,32,35)(H,33,38)(H,34,36)/t19-,20+,22-,24+,25+,26-/m0/s1. The van der Waals surface area contributed by atoms with E-state index in [2.05, 4.69) is 21.3 Å². The predicted octanol–water partition coefficient (Wildman–Crippen LogP) is 2.33. The van der Waals surface area contributed by atoms with Gasteiger partial charge in [0.05, 0.1) is 6.42 Å². The summed E-state index contributed by atoms with van der Waals surface area (Å²) in [6.07, 6.45) is 2.75. The molecule has 4 N–H and O–H groups in total. The van der Waals surface area contributed by atoms with Crippen molar-refractivity contribution in [2.45, 2.75) is 91.6 Å². The molecule has 1 fully saturated rings. The number of ether oxygens (including phenoxy) is 1. The quantitative estimate of drug-likeness (QED) is 0.396. The Morgan fingerprint density at radius 1 is 0.800 bits per heavy atom. The molecule has 1 saturated heterocycles. The van der Waals surface area contributed by atoms with E-state index in [9.17, 15) is 24.0 Å². The summed E-state index contributed by atoms with van der Waals surface area (Å²) in [5.74, 6) is -3.69. The van der Waals surface area contributed by atoms with Gasteiger partial charge in [-0.2, -0.15) is 0 Å². The molecular formula is C30H44N4O6. The van der Waals surface area contributed by atoms with Crippen molar-refractivity contribution in [2.75, 3.05) is 0 Å². The van der Waals surface area contributed by atoms with Crippen LogP contribution < -0.4 is 21.3 Å². The highest BCUT2D eigenvalue weighted by Gasteiger charge is 2.35. The first-order valence-electron chi connectivity index (χ1n) is 14.0. The Labute approximate surface area is 237 Å². The van der Waals surface area contributed by atoms with Crippen LogP contribution in [0, 0.1) is 17.8 Å². The molecule has 0 radical (unpaired) electrons. The molecule has 0 aliphatic carbocycles. The van der Waals surface area contributed by atoms with E-state index in [0.717, 1.165) is 5.56 Å². The SMILES string of the molecule is CC[C@H](C)[C@@H]1NC(=O)[C@@H](C)NC(=O)[C@@H](C(C)C)NC(=O)C[C@H](C=Cc2ccccc2)OC(=O)[C@@H](C(C)C)NC1=O. The molecule has 10 nitrogen and oxygen atoms in total. The Morgan fingerprint density at radius 3 is 1.95 bits per heavy atom. The zero-order valence-corrected chi connectivity index (χ0v) is 24.5. The highest BCUT2D eigenvalue weighted by molar-refractivity contribution is 5.95. The normalized spacial score (nSPS) is 26.6. The summed E-state index contributed by atoms with van der Waals surface area (Å²) in [4.78, 5) is 65.8. The van der Waals surface area contributed by atoms with Crippen molar-refractivity contribution in [3.05, 3.63) is 42.0 Å². The molecule has 0 saturated carbocycles. The van der Waals surface area contributed by atoms with E-state index in [1.165, 1.54) is 6.92 Å². The second-order valence-corrected chi connectivity index (χ2v) is 11.1. The van der Waals surface area contributed by atoms with E-state index in [-0.39, 0.29) is 24.2 Å². The van der Waals surface area contributed by atoms with Crippen LogP contribution in [-0.2, 0) is 28.7 Å². The molecule has 1 heterocycles. The number of carbonyl (C=O) groups excluding carboxylic acids is 5. The molecule has 4 amide bonds. The minimum Gasteiger partial charge on any atom is -0.456 e. The molecule has 1 aliphatic heterocycles. The van der Waals surface area contributed by atoms with Crippen LogP contribution >= 0.6 is 0 Å². The third-order valence-corrected chi connectivity index (χ3v) is 6.99. The molecule has 2 rings (SSSR count). The maximum absolute atomic E-state index is 13.4. The Hall–Kier alpha value is -3.69. The van der Waals surface area contributed by atoms with Crippen LogP contribution in [0.5, 0.6) is 0 Å². The number of nitrogens with one attached hydrogen (secondary N) is 4. The summed E-state index contributed by atoms with van der Waals surface area (Å²) in [6.45, 7) is 12.3. The molecular weight excluding hydrogens is 512 g/mol. The molecule has 220 valence electrons. The largest absolute Gasteiger partial charge is 0.456 e. The molecule has 0 bridgehead atoms. The second kappa shape index (κ2) is 15.2. The first kappa shape index (κ1) is 32.5. The van der Waals surface area contributed by atoms with Gasteiger partial charge >= 0.3 is 5.97 Å². The van der Waals surface area contributed by atoms with Gasteiger partial charge in [0.2, 0.25) is 23.6 Å². The fourth-order valence-corrected chi connectivity index (χ4v) is 4.19. The lowest BCUT2D eigenvalue weighted by atomic mass is 9.96. The summed E-state index contributed by atoms with van der Waals surface area (Å²) in [5, 5.41) is 10.8. The first-order chi connectivity index (χ1) is 18.8. The van der Waals surface area contributed by atoms with E-state index in [4.69, 9.17) is 4.74 Å². The van der Waals surface area contributed by atoms with Crippen LogP contribution in [-0.4, -0.2) is 59.9 Å². The van der Waals surface area contributed by atoms with Gasteiger partial charge in [-0.15, -0.1) is 0 Å². The van der Waals surface area contributed by atoms with Crippen molar-refractivity contribution in [2.24, 2.45) is 17.8 Å². The van der Waals surface area contributed by atoms with Crippen LogP contribution in [0.15, 0.2) is 36.4 Å². The van der Waals surface area contributed by atoms with Gasteiger partial charge in [-0.25, -0.2) is 4.79 Å². The zero-order valence-electron chi connectivity index (χ0n) is 24.5.